The summed E-state index contributed by atoms with van der Waals surface area (Å²) in [7, 11) is 0. The lowest BCUT2D eigenvalue weighted by atomic mass is 10.1. The fourth-order valence-electron chi connectivity index (χ4n) is 2.37. The molecule has 0 spiro atoms. The second-order valence-electron chi connectivity index (χ2n) is 4.62. The minimum atomic E-state index is -0.474. The molecule has 1 aliphatic heterocycles. The molecule has 98 valence electrons. The minimum absolute atomic E-state index is 0.357. The van der Waals surface area contributed by atoms with Crippen molar-refractivity contribution in [3.8, 4) is 0 Å². The molecular formula is C13H15N5O. The van der Waals surface area contributed by atoms with E-state index in [-0.39, 0.29) is 0 Å². The molecule has 0 aliphatic carbocycles. The first kappa shape index (κ1) is 11.9. The Morgan fingerprint density at radius 2 is 2.32 bits per heavy atom. The fraction of sp³-hybridized carbons (Fsp3) is 0.308. The topological polar surface area (TPSA) is 92.9 Å². The SMILES string of the molecule is NC(=O)c1cccc2c(NC3CCNC3)ncnc12. The van der Waals surface area contributed by atoms with Crippen molar-refractivity contribution in [1.29, 1.82) is 0 Å². The first-order chi connectivity index (χ1) is 9.25. The molecule has 1 aliphatic rings. The fourth-order valence-corrected chi connectivity index (χ4v) is 2.37. The summed E-state index contributed by atoms with van der Waals surface area (Å²) in [6, 6.07) is 5.73. The van der Waals surface area contributed by atoms with E-state index in [4.69, 9.17) is 5.73 Å². The summed E-state index contributed by atoms with van der Waals surface area (Å²) < 4.78 is 0. The van der Waals surface area contributed by atoms with Crippen molar-refractivity contribution in [3.63, 3.8) is 0 Å². The number of nitrogens with two attached hydrogens (primary N) is 1. The van der Waals surface area contributed by atoms with Gasteiger partial charge in [0.05, 0.1) is 11.1 Å². The summed E-state index contributed by atoms with van der Waals surface area (Å²) >= 11 is 0. The highest BCUT2D eigenvalue weighted by Crippen LogP contribution is 2.23. The summed E-state index contributed by atoms with van der Waals surface area (Å²) in [5.74, 6) is 0.277. The molecule has 2 heterocycles. The summed E-state index contributed by atoms with van der Waals surface area (Å²) in [4.78, 5) is 19.8. The van der Waals surface area contributed by atoms with Crippen LogP contribution in [0.15, 0.2) is 24.5 Å². The van der Waals surface area contributed by atoms with Crippen LogP contribution in [-0.2, 0) is 0 Å². The second-order valence-corrected chi connectivity index (χ2v) is 4.62. The predicted molar refractivity (Wildman–Crippen MR) is 73.0 cm³/mol. The molecule has 1 saturated heterocycles. The number of rotatable bonds is 3. The van der Waals surface area contributed by atoms with Crippen molar-refractivity contribution in [1.82, 2.24) is 15.3 Å². The summed E-state index contributed by atoms with van der Waals surface area (Å²) in [6.07, 6.45) is 2.51. The maximum atomic E-state index is 11.4. The number of benzene rings is 1. The van der Waals surface area contributed by atoms with Gasteiger partial charge >= 0.3 is 0 Å². The van der Waals surface area contributed by atoms with Gasteiger partial charge in [-0.25, -0.2) is 9.97 Å². The summed E-state index contributed by atoms with van der Waals surface area (Å²) in [5, 5.41) is 7.50. The molecule has 0 saturated carbocycles. The third-order valence-corrected chi connectivity index (χ3v) is 3.33. The number of carbonyl (C=O) groups is 1. The molecule has 6 heteroatoms. The largest absolute Gasteiger partial charge is 0.366 e. The zero-order valence-corrected chi connectivity index (χ0v) is 10.4. The minimum Gasteiger partial charge on any atom is -0.366 e. The summed E-state index contributed by atoms with van der Waals surface area (Å²) in [5.41, 5.74) is 6.38. The first-order valence-corrected chi connectivity index (χ1v) is 6.26. The number of fused-ring (bicyclic) bond motifs is 1. The van der Waals surface area contributed by atoms with Crippen LogP contribution in [0.25, 0.3) is 10.9 Å². The number of nitrogens with zero attached hydrogens (tertiary/aromatic N) is 2. The number of anilines is 1. The lowest BCUT2D eigenvalue weighted by molar-refractivity contribution is 0.100. The highest BCUT2D eigenvalue weighted by molar-refractivity contribution is 6.06. The Morgan fingerprint density at radius 1 is 1.42 bits per heavy atom. The first-order valence-electron chi connectivity index (χ1n) is 6.26. The Balaban J connectivity index is 2.05. The molecule has 1 aromatic heterocycles. The number of para-hydroxylation sites is 1. The van der Waals surface area contributed by atoms with Crippen LogP contribution >= 0.6 is 0 Å². The van der Waals surface area contributed by atoms with E-state index in [9.17, 15) is 4.79 Å². The van der Waals surface area contributed by atoms with Gasteiger partial charge in [0, 0.05) is 18.0 Å². The lowest BCUT2D eigenvalue weighted by Crippen LogP contribution is -2.23. The molecule has 6 nitrogen and oxygen atoms in total. The Labute approximate surface area is 110 Å². The van der Waals surface area contributed by atoms with Gasteiger partial charge in [0.1, 0.15) is 12.1 Å². The number of nitrogens with one attached hydrogen (secondary N) is 2. The van der Waals surface area contributed by atoms with Crippen LogP contribution in [0, 0.1) is 0 Å². The van der Waals surface area contributed by atoms with Crippen LogP contribution in [0.5, 0.6) is 0 Å². The maximum Gasteiger partial charge on any atom is 0.250 e. The van der Waals surface area contributed by atoms with Gasteiger partial charge in [-0.1, -0.05) is 6.07 Å². The van der Waals surface area contributed by atoms with Crippen molar-refractivity contribution in [2.75, 3.05) is 18.4 Å². The smallest absolute Gasteiger partial charge is 0.250 e. The lowest BCUT2D eigenvalue weighted by Gasteiger charge is -2.14. The number of aromatic nitrogens is 2. The molecule has 1 amide bonds. The van der Waals surface area contributed by atoms with E-state index in [1.54, 1.807) is 12.1 Å². The molecular weight excluding hydrogens is 242 g/mol. The molecule has 0 bridgehead atoms. The molecule has 0 radical (unpaired) electrons. The van der Waals surface area contributed by atoms with Crippen LogP contribution in [0.2, 0.25) is 0 Å². The van der Waals surface area contributed by atoms with E-state index >= 15 is 0 Å². The molecule has 2 aromatic rings. The molecule has 4 N–H and O–H groups in total. The van der Waals surface area contributed by atoms with Crippen LogP contribution in [0.1, 0.15) is 16.8 Å². The Hall–Kier alpha value is -2.21. The van der Waals surface area contributed by atoms with Crippen LogP contribution in [0.4, 0.5) is 5.82 Å². The second kappa shape index (κ2) is 4.81. The van der Waals surface area contributed by atoms with Gasteiger partial charge in [-0.3, -0.25) is 4.79 Å². The number of primary amides is 1. The van der Waals surface area contributed by atoms with Gasteiger partial charge in [0.2, 0.25) is 0 Å². The number of amides is 1. The zero-order chi connectivity index (χ0) is 13.2. The standard InChI is InChI=1S/C13H15N5O/c14-12(19)9-2-1-3-10-11(9)16-7-17-13(10)18-8-4-5-15-6-8/h1-3,7-8,15H,4-6H2,(H2,14,19)(H,16,17,18). The average molecular weight is 257 g/mol. The quantitative estimate of drug-likeness (QED) is 0.744. The Kier molecular flexibility index (Phi) is 3.00. The highest BCUT2D eigenvalue weighted by atomic mass is 16.1. The Morgan fingerprint density at radius 3 is 3.05 bits per heavy atom. The van der Waals surface area contributed by atoms with Crippen molar-refractivity contribution in [2.24, 2.45) is 5.73 Å². The van der Waals surface area contributed by atoms with Crippen molar-refractivity contribution < 1.29 is 4.79 Å². The van der Waals surface area contributed by atoms with Crippen molar-refractivity contribution in [3.05, 3.63) is 30.1 Å². The average Bonchev–Trinajstić information content (AvgIpc) is 2.91. The number of hydrogen-bond donors (Lipinski definition) is 3. The molecule has 3 rings (SSSR count). The molecule has 1 fully saturated rings. The van der Waals surface area contributed by atoms with Gasteiger partial charge in [-0.05, 0) is 25.1 Å². The number of hydrogen-bond acceptors (Lipinski definition) is 5. The van der Waals surface area contributed by atoms with Gasteiger partial charge in [-0.15, -0.1) is 0 Å². The molecule has 19 heavy (non-hydrogen) atoms. The zero-order valence-electron chi connectivity index (χ0n) is 10.4. The van der Waals surface area contributed by atoms with Crippen molar-refractivity contribution in [2.45, 2.75) is 12.5 Å². The van der Waals surface area contributed by atoms with E-state index in [0.717, 1.165) is 30.7 Å². The predicted octanol–water partition coefficient (Wildman–Crippen LogP) is 0.502. The van der Waals surface area contributed by atoms with E-state index < -0.39 is 5.91 Å². The monoisotopic (exact) mass is 257 g/mol. The van der Waals surface area contributed by atoms with E-state index in [0.29, 0.717) is 17.1 Å². The van der Waals surface area contributed by atoms with E-state index in [1.165, 1.54) is 6.33 Å². The summed E-state index contributed by atoms with van der Waals surface area (Å²) in [6.45, 7) is 1.92. The van der Waals surface area contributed by atoms with Gasteiger partial charge < -0.3 is 16.4 Å². The third-order valence-electron chi connectivity index (χ3n) is 3.33. The normalized spacial score (nSPS) is 18.6. The molecule has 1 atom stereocenters. The maximum absolute atomic E-state index is 11.4. The van der Waals surface area contributed by atoms with E-state index in [1.807, 2.05) is 6.07 Å². The third kappa shape index (κ3) is 2.22. The van der Waals surface area contributed by atoms with Gasteiger partial charge in [0.25, 0.3) is 5.91 Å². The van der Waals surface area contributed by atoms with Crippen molar-refractivity contribution >= 4 is 22.6 Å². The highest BCUT2D eigenvalue weighted by Gasteiger charge is 2.17. The number of carbonyl (C=O) groups excluding carboxylic acids is 1. The molecule has 1 aromatic carbocycles. The molecule has 1 unspecified atom stereocenters. The van der Waals surface area contributed by atoms with E-state index in [2.05, 4.69) is 20.6 Å². The van der Waals surface area contributed by atoms with Gasteiger partial charge in [0.15, 0.2) is 0 Å². The van der Waals surface area contributed by atoms with Crippen LogP contribution in [0.3, 0.4) is 0 Å². The Bertz CT molecular complexity index is 621. The van der Waals surface area contributed by atoms with Gasteiger partial charge in [-0.2, -0.15) is 0 Å². The van der Waals surface area contributed by atoms with Crippen LogP contribution in [-0.4, -0.2) is 35.0 Å². The van der Waals surface area contributed by atoms with Crippen LogP contribution < -0.4 is 16.4 Å².